The first-order valence-corrected chi connectivity index (χ1v) is 8.25. The highest BCUT2D eigenvalue weighted by Crippen LogP contribution is 2.11. The maximum atomic E-state index is 11.4. The smallest absolute Gasteiger partial charge is 0.220 e. The van der Waals surface area contributed by atoms with Gasteiger partial charge in [-0.2, -0.15) is 0 Å². The molecule has 0 bridgehead atoms. The molecule has 20 heavy (non-hydrogen) atoms. The van der Waals surface area contributed by atoms with Gasteiger partial charge in [0, 0.05) is 24.8 Å². The molecule has 0 aliphatic heterocycles. The summed E-state index contributed by atoms with van der Waals surface area (Å²) in [5.74, 6) is 0.750. The number of hydrogen-bond donors (Lipinski definition) is 1. The molecule has 0 saturated carbocycles. The Bertz CT molecular complexity index is 272. The normalized spacial score (nSPS) is 11.1. The Morgan fingerprint density at radius 3 is 1.65 bits per heavy atom. The molecule has 0 rings (SSSR count). The van der Waals surface area contributed by atoms with E-state index in [1.54, 1.807) is 0 Å². The fourth-order valence-electron chi connectivity index (χ4n) is 2.15. The van der Waals surface area contributed by atoms with Crippen LogP contribution >= 0.6 is 0 Å². The van der Waals surface area contributed by atoms with Gasteiger partial charge in [0.05, 0.1) is 0 Å². The second-order valence-corrected chi connectivity index (χ2v) is 6.32. The Hall–Kier alpha value is -0.860. The number of nitrogens with one attached hydrogen (secondary N) is 1. The second kappa shape index (κ2) is 11.9. The van der Waals surface area contributed by atoms with Crippen molar-refractivity contribution in [3.05, 3.63) is 0 Å². The third-order valence-corrected chi connectivity index (χ3v) is 3.42. The van der Waals surface area contributed by atoms with Gasteiger partial charge in [-0.25, -0.2) is 0 Å². The van der Waals surface area contributed by atoms with Crippen LogP contribution in [0.3, 0.4) is 0 Å². The fourth-order valence-corrected chi connectivity index (χ4v) is 2.15. The number of amides is 1. The van der Waals surface area contributed by atoms with E-state index >= 15 is 0 Å². The van der Waals surface area contributed by atoms with E-state index < -0.39 is 0 Å². The van der Waals surface area contributed by atoms with Gasteiger partial charge in [-0.05, 0) is 26.7 Å². The molecular weight excluding hydrogens is 250 g/mol. The summed E-state index contributed by atoms with van der Waals surface area (Å²) in [6, 6.07) is 0.246. The Balaban J connectivity index is 3.25. The van der Waals surface area contributed by atoms with Gasteiger partial charge in [-0.15, -0.1) is 0 Å². The zero-order valence-corrected chi connectivity index (χ0v) is 13.8. The molecule has 0 radical (unpaired) electrons. The van der Waals surface area contributed by atoms with Gasteiger partial charge in [-0.3, -0.25) is 9.59 Å². The molecule has 0 aliphatic rings. The highest BCUT2D eigenvalue weighted by Gasteiger charge is 2.06. The van der Waals surface area contributed by atoms with Gasteiger partial charge in [0.25, 0.3) is 0 Å². The van der Waals surface area contributed by atoms with Crippen LogP contribution in [0.1, 0.15) is 85.5 Å². The van der Waals surface area contributed by atoms with E-state index in [-0.39, 0.29) is 17.9 Å². The summed E-state index contributed by atoms with van der Waals surface area (Å²) in [6.07, 6.45) is 9.35. The summed E-state index contributed by atoms with van der Waals surface area (Å²) in [6.45, 7) is 7.92. The van der Waals surface area contributed by atoms with Crippen molar-refractivity contribution < 1.29 is 9.59 Å². The molecule has 3 nitrogen and oxygen atoms in total. The Morgan fingerprint density at radius 2 is 1.20 bits per heavy atom. The molecule has 0 aromatic carbocycles. The van der Waals surface area contributed by atoms with Crippen LogP contribution in [0.15, 0.2) is 0 Å². The van der Waals surface area contributed by atoms with Crippen LogP contribution in [0.4, 0.5) is 0 Å². The highest BCUT2D eigenvalue weighted by atomic mass is 16.1. The van der Waals surface area contributed by atoms with Gasteiger partial charge in [0.15, 0.2) is 0 Å². The molecule has 118 valence electrons. The van der Waals surface area contributed by atoms with E-state index in [0.29, 0.717) is 12.2 Å². The van der Waals surface area contributed by atoms with Crippen molar-refractivity contribution in [3.8, 4) is 0 Å². The summed E-state index contributed by atoms with van der Waals surface area (Å²) >= 11 is 0. The first kappa shape index (κ1) is 19.1. The zero-order chi connectivity index (χ0) is 15.4. The highest BCUT2D eigenvalue weighted by molar-refractivity contribution is 5.80. The third-order valence-electron chi connectivity index (χ3n) is 3.42. The molecule has 1 amide bonds. The number of unbranched alkanes of at least 4 members (excludes halogenated alkanes) is 6. The minimum absolute atomic E-state index is 0.173. The molecule has 1 N–H and O–H groups in total. The predicted octanol–water partition coefficient (Wildman–Crippen LogP) is 4.25. The summed E-state index contributed by atoms with van der Waals surface area (Å²) in [4.78, 5) is 22.8. The molecule has 0 aliphatic carbocycles. The van der Waals surface area contributed by atoms with Gasteiger partial charge in [-0.1, -0.05) is 46.0 Å². The Labute approximate surface area is 124 Å². The van der Waals surface area contributed by atoms with E-state index in [2.05, 4.69) is 5.32 Å². The molecule has 0 aromatic heterocycles. The van der Waals surface area contributed by atoms with Gasteiger partial charge >= 0.3 is 0 Å². The van der Waals surface area contributed by atoms with Crippen molar-refractivity contribution in [1.82, 2.24) is 5.32 Å². The van der Waals surface area contributed by atoms with E-state index in [1.165, 1.54) is 19.3 Å². The lowest BCUT2D eigenvalue weighted by molar-refractivity contribution is -0.122. The van der Waals surface area contributed by atoms with Gasteiger partial charge in [0.2, 0.25) is 5.91 Å². The average Bonchev–Trinajstić information content (AvgIpc) is 2.35. The Kier molecular flexibility index (Phi) is 11.4. The molecule has 0 atom stereocenters. The molecule has 0 saturated heterocycles. The minimum atomic E-state index is 0.173. The summed E-state index contributed by atoms with van der Waals surface area (Å²) in [5, 5.41) is 2.91. The maximum Gasteiger partial charge on any atom is 0.220 e. The lowest BCUT2D eigenvalue weighted by Crippen LogP contribution is -2.29. The van der Waals surface area contributed by atoms with Crippen LogP contribution in [-0.4, -0.2) is 17.7 Å². The lowest BCUT2D eigenvalue weighted by Gasteiger charge is -2.07. The number of rotatable bonds is 12. The van der Waals surface area contributed by atoms with Crippen LogP contribution in [0, 0.1) is 5.92 Å². The molecule has 0 aromatic rings. The van der Waals surface area contributed by atoms with Crippen LogP contribution in [0.25, 0.3) is 0 Å². The molecule has 0 unspecified atom stereocenters. The average molecular weight is 283 g/mol. The van der Waals surface area contributed by atoms with Crippen LogP contribution in [0.5, 0.6) is 0 Å². The van der Waals surface area contributed by atoms with Gasteiger partial charge in [0.1, 0.15) is 5.78 Å². The van der Waals surface area contributed by atoms with Gasteiger partial charge < -0.3 is 5.32 Å². The molecule has 3 heteroatoms. The van der Waals surface area contributed by atoms with Crippen LogP contribution in [0.2, 0.25) is 0 Å². The standard InChI is InChI=1S/C17H33NO2/c1-14(2)16(19)12-10-8-6-5-7-9-11-13-17(20)18-15(3)4/h14-15H,5-13H2,1-4H3,(H,18,20). The summed E-state index contributed by atoms with van der Waals surface area (Å²) < 4.78 is 0. The van der Waals surface area contributed by atoms with E-state index in [4.69, 9.17) is 0 Å². The van der Waals surface area contributed by atoms with E-state index in [0.717, 1.165) is 32.1 Å². The monoisotopic (exact) mass is 283 g/mol. The van der Waals surface area contributed by atoms with Crippen LogP contribution < -0.4 is 5.32 Å². The zero-order valence-electron chi connectivity index (χ0n) is 13.8. The largest absolute Gasteiger partial charge is 0.354 e. The molecular formula is C17H33NO2. The molecule has 0 heterocycles. The van der Waals surface area contributed by atoms with Crippen LogP contribution in [-0.2, 0) is 9.59 Å². The second-order valence-electron chi connectivity index (χ2n) is 6.32. The van der Waals surface area contributed by atoms with Crippen molar-refractivity contribution >= 4 is 11.7 Å². The van der Waals surface area contributed by atoms with E-state index in [1.807, 2.05) is 27.7 Å². The SMILES string of the molecule is CC(C)NC(=O)CCCCCCCCCC(=O)C(C)C. The fraction of sp³-hybridized carbons (Fsp3) is 0.882. The quantitative estimate of drug-likeness (QED) is 0.544. The first-order chi connectivity index (χ1) is 9.43. The van der Waals surface area contributed by atoms with E-state index in [9.17, 15) is 9.59 Å². The minimum Gasteiger partial charge on any atom is -0.354 e. The first-order valence-electron chi connectivity index (χ1n) is 8.25. The topological polar surface area (TPSA) is 46.2 Å². The maximum absolute atomic E-state index is 11.4. The molecule has 0 spiro atoms. The Morgan fingerprint density at radius 1 is 0.750 bits per heavy atom. The molecule has 0 fully saturated rings. The number of carbonyl (C=O) groups is 2. The lowest BCUT2D eigenvalue weighted by atomic mass is 10.0. The van der Waals surface area contributed by atoms with Crippen molar-refractivity contribution in [2.45, 2.75) is 91.5 Å². The number of hydrogen-bond acceptors (Lipinski definition) is 2. The van der Waals surface area contributed by atoms with Crippen molar-refractivity contribution in [3.63, 3.8) is 0 Å². The number of Topliss-reactive ketones (excluding diaryl/α,β-unsaturated/α-hetero) is 1. The predicted molar refractivity (Wildman–Crippen MR) is 84.7 cm³/mol. The summed E-state index contributed by atoms with van der Waals surface area (Å²) in [5.41, 5.74) is 0. The summed E-state index contributed by atoms with van der Waals surface area (Å²) in [7, 11) is 0. The third kappa shape index (κ3) is 12.2. The number of carbonyl (C=O) groups excluding carboxylic acids is 2. The number of ketones is 1. The van der Waals surface area contributed by atoms with Crippen molar-refractivity contribution in [2.75, 3.05) is 0 Å². The van der Waals surface area contributed by atoms with Crippen molar-refractivity contribution in [1.29, 1.82) is 0 Å². The van der Waals surface area contributed by atoms with Crippen molar-refractivity contribution in [2.24, 2.45) is 5.92 Å².